The molecule has 0 fully saturated rings. The molecule has 2 rings (SSSR count). The molecule has 2 aromatic rings. The molecule has 0 aliphatic rings. The van der Waals surface area contributed by atoms with Crippen LogP contribution < -0.4 is 21.1 Å². The summed E-state index contributed by atoms with van der Waals surface area (Å²) in [5.41, 5.74) is 6.74. The van der Waals surface area contributed by atoms with Crippen molar-refractivity contribution in [3.63, 3.8) is 0 Å². The van der Waals surface area contributed by atoms with E-state index in [4.69, 9.17) is 16.2 Å². The standard InChI is InChI=1S/C26H35N5O6S2.H2/c1-4-16(2)22(31-39(36,37)20-11-9-19(10-12-20)26(34)35)25(33)30-21(13-14-38-3)24(32)29-15-17-5-7-18(8-6-17)23(27)28;/h5-12,16,21-22,31H,4,13-15H2,1-3H3,(H3,27,28)(H,29,32)(H,30,33)(H,34,35);1H/t16?,21-,22+;/m0./s1. The van der Waals surface area contributed by atoms with E-state index in [9.17, 15) is 22.8 Å². The fourth-order valence-corrected chi connectivity index (χ4v) is 5.33. The Kier molecular flexibility index (Phi) is 11.9. The highest BCUT2D eigenvalue weighted by molar-refractivity contribution is 7.98. The number of benzene rings is 2. The number of nitrogens with two attached hydrogens (primary N) is 1. The first-order valence-electron chi connectivity index (χ1n) is 12.3. The summed E-state index contributed by atoms with van der Waals surface area (Å²) in [5.74, 6) is -2.12. The van der Waals surface area contributed by atoms with E-state index in [0.717, 1.165) is 17.7 Å². The topological polar surface area (TPSA) is 192 Å². The number of amidine groups is 1. The molecule has 0 heterocycles. The highest BCUT2D eigenvalue weighted by atomic mass is 32.2. The molecule has 3 atom stereocenters. The Balaban J connectivity index is 0.00000800. The van der Waals surface area contributed by atoms with Crippen molar-refractivity contribution in [3.05, 3.63) is 65.2 Å². The van der Waals surface area contributed by atoms with Gasteiger partial charge in [0.2, 0.25) is 21.8 Å². The van der Waals surface area contributed by atoms with Crippen LogP contribution in [0.3, 0.4) is 0 Å². The van der Waals surface area contributed by atoms with Crippen LogP contribution in [0.1, 0.15) is 49.6 Å². The molecule has 0 radical (unpaired) electrons. The Hall–Kier alpha value is -3.42. The van der Waals surface area contributed by atoms with Crippen molar-refractivity contribution in [2.45, 2.75) is 50.2 Å². The predicted molar refractivity (Wildman–Crippen MR) is 153 cm³/mol. The monoisotopic (exact) mass is 579 g/mol. The molecule has 0 saturated carbocycles. The van der Waals surface area contributed by atoms with Crippen molar-refractivity contribution in [1.29, 1.82) is 5.41 Å². The maximum Gasteiger partial charge on any atom is 0.335 e. The fraction of sp³-hybridized carbons (Fsp3) is 0.385. The molecule has 214 valence electrons. The van der Waals surface area contributed by atoms with Gasteiger partial charge in [-0.25, -0.2) is 13.2 Å². The van der Waals surface area contributed by atoms with Crippen molar-refractivity contribution >= 4 is 45.4 Å². The van der Waals surface area contributed by atoms with Crippen LogP contribution in [0.4, 0.5) is 0 Å². The van der Waals surface area contributed by atoms with Gasteiger partial charge in [-0.1, -0.05) is 44.5 Å². The predicted octanol–water partition coefficient (Wildman–Crippen LogP) is 2.16. The molecular weight excluding hydrogens is 542 g/mol. The van der Waals surface area contributed by atoms with Crippen LogP contribution in [0.25, 0.3) is 0 Å². The number of hydrogen-bond acceptors (Lipinski definition) is 7. The molecule has 0 aliphatic heterocycles. The van der Waals surface area contributed by atoms with E-state index >= 15 is 0 Å². The maximum atomic E-state index is 13.3. The molecule has 0 aromatic heterocycles. The van der Waals surface area contributed by atoms with Gasteiger partial charge in [0.15, 0.2) is 0 Å². The Bertz CT molecular complexity index is 1270. The lowest BCUT2D eigenvalue weighted by Gasteiger charge is -2.26. The number of carbonyl (C=O) groups is 3. The second kappa shape index (κ2) is 14.7. The second-order valence-electron chi connectivity index (χ2n) is 8.99. The van der Waals surface area contributed by atoms with Gasteiger partial charge in [-0.15, -0.1) is 0 Å². The first-order chi connectivity index (χ1) is 18.4. The number of thioether (sulfide) groups is 1. The van der Waals surface area contributed by atoms with Crippen molar-refractivity contribution in [3.8, 4) is 0 Å². The third kappa shape index (κ3) is 9.37. The van der Waals surface area contributed by atoms with Gasteiger partial charge in [0.1, 0.15) is 17.9 Å². The van der Waals surface area contributed by atoms with E-state index in [0.29, 0.717) is 24.2 Å². The molecule has 7 N–H and O–H groups in total. The van der Waals surface area contributed by atoms with Crippen LogP contribution in [0.2, 0.25) is 0 Å². The van der Waals surface area contributed by atoms with Gasteiger partial charge in [0.05, 0.1) is 10.5 Å². The van der Waals surface area contributed by atoms with Gasteiger partial charge in [-0.3, -0.25) is 15.0 Å². The summed E-state index contributed by atoms with van der Waals surface area (Å²) in [4.78, 5) is 37.2. The van der Waals surface area contributed by atoms with Crippen LogP contribution in [0.5, 0.6) is 0 Å². The Morgan fingerprint density at radius 3 is 2.15 bits per heavy atom. The second-order valence-corrected chi connectivity index (χ2v) is 11.7. The van der Waals surface area contributed by atoms with E-state index in [1.807, 2.05) is 13.2 Å². The van der Waals surface area contributed by atoms with Crippen LogP contribution in [-0.2, 0) is 26.2 Å². The van der Waals surface area contributed by atoms with E-state index < -0.39 is 45.8 Å². The summed E-state index contributed by atoms with van der Waals surface area (Å²) < 4.78 is 28.5. The number of carboxylic acids is 1. The van der Waals surface area contributed by atoms with Gasteiger partial charge in [-0.05, 0) is 54.2 Å². The lowest BCUT2D eigenvalue weighted by atomic mass is 9.99. The minimum Gasteiger partial charge on any atom is -0.478 e. The number of amides is 2. The number of hydrogen-bond donors (Lipinski definition) is 6. The SMILES string of the molecule is CCC(C)[C@@H](NS(=O)(=O)c1ccc(C(=O)O)cc1)C(=O)N[C@@H](CCSC)C(=O)NCc1ccc(C(=N)N)cc1.[HH]. The summed E-state index contributed by atoms with van der Waals surface area (Å²) in [5, 5.41) is 22.0. The zero-order valence-corrected chi connectivity index (χ0v) is 23.7. The zero-order valence-electron chi connectivity index (χ0n) is 22.1. The van der Waals surface area contributed by atoms with Gasteiger partial charge < -0.3 is 21.5 Å². The lowest BCUT2D eigenvalue weighted by Crippen LogP contribution is -2.55. The maximum absolute atomic E-state index is 13.3. The van der Waals surface area contributed by atoms with E-state index in [1.165, 1.54) is 23.9 Å². The van der Waals surface area contributed by atoms with Crippen molar-refractivity contribution in [2.24, 2.45) is 11.7 Å². The van der Waals surface area contributed by atoms with E-state index in [1.54, 1.807) is 31.2 Å². The quantitative estimate of drug-likeness (QED) is 0.137. The smallest absolute Gasteiger partial charge is 0.335 e. The van der Waals surface area contributed by atoms with Crippen LogP contribution in [0.15, 0.2) is 53.4 Å². The third-order valence-electron chi connectivity index (χ3n) is 6.16. The minimum atomic E-state index is -4.16. The largest absolute Gasteiger partial charge is 0.478 e. The molecule has 39 heavy (non-hydrogen) atoms. The normalized spacial score (nSPS) is 13.6. The van der Waals surface area contributed by atoms with Gasteiger partial charge >= 0.3 is 5.97 Å². The number of sulfonamides is 1. The van der Waals surface area contributed by atoms with Gasteiger partial charge in [0.25, 0.3) is 0 Å². The first-order valence-corrected chi connectivity index (χ1v) is 15.1. The highest BCUT2D eigenvalue weighted by Crippen LogP contribution is 2.16. The number of nitrogen functional groups attached to an aromatic ring is 1. The summed E-state index contributed by atoms with van der Waals surface area (Å²) in [6.45, 7) is 3.73. The fourth-order valence-electron chi connectivity index (χ4n) is 3.56. The summed E-state index contributed by atoms with van der Waals surface area (Å²) in [6.07, 6.45) is 2.69. The van der Waals surface area contributed by atoms with E-state index in [-0.39, 0.29) is 24.3 Å². The highest BCUT2D eigenvalue weighted by Gasteiger charge is 2.32. The average Bonchev–Trinajstić information content (AvgIpc) is 2.92. The van der Waals surface area contributed by atoms with Crippen LogP contribution in [0, 0.1) is 11.3 Å². The molecule has 2 amide bonds. The van der Waals surface area contributed by atoms with Gasteiger partial charge in [-0.2, -0.15) is 16.5 Å². The van der Waals surface area contributed by atoms with Crippen molar-refractivity contribution < 1.29 is 29.3 Å². The number of rotatable bonds is 15. The molecule has 0 saturated heterocycles. The Labute approximate surface area is 234 Å². The first kappa shape index (κ1) is 31.8. The number of carbonyl (C=O) groups excluding carboxylic acids is 2. The lowest BCUT2D eigenvalue weighted by molar-refractivity contribution is -0.130. The molecule has 0 bridgehead atoms. The van der Waals surface area contributed by atoms with Crippen LogP contribution in [-0.4, -0.2) is 61.2 Å². The number of aromatic carboxylic acids is 1. The number of carboxylic acid groups (broad SMARTS) is 1. The summed E-state index contributed by atoms with van der Waals surface area (Å²) in [7, 11) is -4.16. The Morgan fingerprint density at radius 1 is 1.05 bits per heavy atom. The molecule has 2 aromatic carbocycles. The van der Waals surface area contributed by atoms with Gasteiger partial charge in [0, 0.05) is 13.5 Å². The molecule has 1 unspecified atom stereocenters. The van der Waals surface area contributed by atoms with E-state index in [2.05, 4.69) is 15.4 Å². The van der Waals surface area contributed by atoms with Crippen LogP contribution >= 0.6 is 11.8 Å². The number of nitrogens with one attached hydrogen (secondary N) is 4. The molecule has 13 heteroatoms. The Morgan fingerprint density at radius 2 is 1.64 bits per heavy atom. The molecule has 0 aliphatic carbocycles. The minimum absolute atomic E-state index is 0. The summed E-state index contributed by atoms with van der Waals surface area (Å²) in [6, 6.07) is 9.44. The molecule has 0 spiro atoms. The molecular formula is C26H37N5O6S2. The van der Waals surface area contributed by atoms with Crippen molar-refractivity contribution in [2.75, 3.05) is 12.0 Å². The van der Waals surface area contributed by atoms with Crippen molar-refractivity contribution in [1.82, 2.24) is 15.4 Å². The average molecular weight is 580 g/mol. The zero-order chi connectivity index (χ0) is 29.2. The summed E-state index contributed by atoms with van der Waals surface area (Å²) >= 11 is 1.51. The molecule has 11 nitrogen and oxygen atoms in total. The third-order valence-corrected chi connectivity index (χ3v) is 8.27.